The number of hydrogen-bond donors (Lipinski definition) is 1. The zero-order chi connectivity index (χ0) is 22.0. The quantitative estimate of drug-likeness (QED) is 0.391. The third-order valence-corrected chi connectivity index (χ3v) is 6.85. The molecule has 0 aliphatic heterocycles. The van der Waals surface area contributed by atoms with Crippen LogP contribution in [0, 0.1) is 0 Å². The molecule has 0 bridgehead atoms. The monoisotopic (exact) mass is 475 g/mol. The van der Waals surface area contributed by atoms with Gasteiger partial charge in [0.2, 0.25) is 5.06 Å². The number of carboxylic acid groups (broad SMARTS) is 1. The van der Waals surface area contributed by atoms with Crippen LogP contribution < -0.4 is 9.64 Å². The molecule has 160 valence electrons. The fraction of sp³-hybridized carbons (Fsp3) is 0.217. The molecule has 1 aliphatic carbocycles. The van der Waals surface area contributed by atoms with E-state index in [-0.39, 0.29) is 22.0 Å². The molecule has 31 heavy (non-hydrogen) atoms. The molecule has 1 heterocycles. The Hall–Kier alpha value is -2.54. The Morgan fingerprint density at radius 2 is 1.74 bits per heavy atom. The van der Waals surface area contributed by atoms with Gasteiger partial charge in [-0.1, -0.05) is 77.7 Å². The molecular formula is C23H19Cl2NO4S. The minimum Gasteiger partial charge on any atom is -0.449 e. The van der Waals surface area contributed by atoms with E-state index >= 15 is 0 Å². The summed E-state index contributed by atoms with van der Waals surface area (Å²) < 4.78 is 5.11. The van der Waals surface area contributed by atoms with Crippen molar-refractivity contribution in [1.82, 2.24) is 0 Å². The first kappa shape index (κ1) is 21.7. The Kier molecular flexibility index (Phi) is 6.51. The van der Waals surface area contributed by atoms with Gasteiger partial charge in [0.15, 0.2) is 0 Å². The lowest BCUT2D eigenvalue weighted by Gasteiger charge is -2.29. The Morgan fingerprint density at radius 3 is 2.39 bits per heavy atom. The second-order valence-corrected chi connectivity index (χ2v) is 9.11. The summed E-state index contributed by atoms with van der Waals surface area (Å²) in [5.74, 6) is -0.304. The molecule has 0 unspecified atom stereocenters. The summed E-state index contributed by atoms with van der Waals surface area (Å²) in [4.78, 5) is 27.5. The maximum atomic E-state index is 13.6. The summed E-state index contributed by atoms with van der Waals surface area (Å²) >= 11 is 13.5. The van der Waals surface area contributed by atoms with Gasteiger partial charge in [-0.3, -0.25) is 4.79 Å². The van der Waals surface area contributed by atoms with Crippen LogP contribution in [0.1, 0.15) is 36.0 Å². The van der Waals surface area contributed by atoms with Crippen molar-refractivity contribution in [3.63, 3.8) is 0 Å². The number of rotatable bonds is 5. The standard InChI is InChI=1S/C23H19Cl2NO4S/c24-15-10-11-17(18(25)12-15)21(27)26(16-8-4-5-9-16)19-13-20(14-6-2-1-3-7-14)31-22(19)30-23(28)29/h1-3,6-7,10-13,16H,4-5,8-9H2,(H,28,29). The molecule has 3 aromatic rings. The fourth-order valence-corrected chi connectivity index (χ4v) is 5.35. The van der Waals surface area contributed by atoms with Crippen molar-refractivity contribution < 1.29 is 19.4 Å². The number of carbonyl (C=O) groups excluding carboxylic acids is 1. The van der Waals surface area contributed by atoms with Gasteiger partial charge in [0, 0.05) is 15.9 Å². The van der Waals surface area contributed by atoms with Crippen LogP contribution in [0.3, 0.4) is 0 Å². The SMILES string of the molecule is O=C(O)Oc1sc(-c2ccccc2)cc1N(C(=O)c1ccc(Cl)cc1Cl)C1CCCC1. The maximum absolute atomic E-state index is 13.6. The van der Waals surface area contributed by atoms with Crippen LogP contribution in [0.15, 0.2) is 54.6 Å². The van der Waals surface area contributed by atoms with Crippen LogP contribution >= 0.6 is 34.5 Å². The lowest BCUT2D eigenvalue weighted by atomic mass is 10.1. The van der Waals surface area contributed by atoms with Crippen molar-refractivity contribution in [3.05, 3.63) is 70.2 Å². The molecule has 0 atom stereocenters. The molecule has 0 saturated heterocycles. The average Bonchev–Trinajstić information content (AvgIpc) is 3.40. The first-order chi connectivity index (χ1) is 14.9. The van der Waals surface area contributed by atoms with Crippen molar-refractivity contribution in [1.29, 1.82) is 0 Å². The van der Waals surface area contributed by atoms with Gasteiger partial charge in [-0.2, -0.15) is 0 Å². The van der Waals surface area contributed by atoms with Crippen LogP contribution in [0.2, 0.25) is 10.0 Å². The van der Waals surface area contributed by atoms with E-state index in [1.54, 1.807) is 17.0 Å². The minimum absolute atomic E-state index is 0.0754. The minimum atomic E-state index is -1.42. The van der Waals surface area contributed by atoms with E-state index in [2.05, 4.69) is 0 Å². The highest BCUT2D eigenvalue weighted by molar-refractivity contribution is 7.18. The molecule has 1 amide bonds. The van der Waals surface area contributed by atoms with Gasteiger partial charge in [0.25, 0.3) is 5.91 Å². The van der Waals surface area contributed by atoms with E-state index < -0.39 is 6.16 Å². The van der Waals surface area contributed by atoms with Gasteiger partial charge >= 0.3 is 6.16 Å². The van der Waals surface area contributed by atoms with Crippen LogP contribution in [-0.4, -0.2) is 23.2 Å². The molecule has 4 rings (SSSR count). The van der Waals surface area contributed by atoms with Gasteiger partial charge < -0.3 is 14.7 Å². The summed E-state index contributed by atoms with van der Waals surface area (Å²) in [5.41, 5.74) is 1.67. The number of hydrogen-bond acceptors (Lipinski definition) is 4. The molecule has 1 aliphatic rings. The van der Waals surface area contributed by atoms with E-state index in [1.807, 2.05) is 36.4 Å². The average molecular weight is 476 g/mol. The molecule has 0 spiro atoms. The summed E-state index contributed by atoms with van der Waals surface area (Å²) in [6.45, 7) is 0. The smallest absolute Gasteiger partial charge is 0.449 e. The van der Waals surface area contributed by atoms with Gasteiger partial charge in [0.05, 0.1) is 16.3 Å². The highest BCUT2D eigenvalue weighted by Gasteiger charge is 2.33. The summed E-state index contributed by atoms with van der Waals surface area (Å²) in [5, 5.41) is 10.1. The van der Waals surface area contributed by atoms with Gasteiger partial charge in [-0.25, -0.2) is 4.79 Å². The summed E-state index contributed by atoms with van der Waals surface area (Å²) in [6.07, 6.45) is 2.20. The van der Waals surface area contributed by atoms with Crippen LogP contribution in [-0.2, 0) is 0 Å². The van der Waals surface area contributed by atoms with Crippen LogP contribution in [0.5, 0.6) is 5.06 Å². The molecule has 8 heteroatoms. The highest BCUT2D eigenvalue weighted by atomic mass is 35.5. The molecule has 0 radical (unpaired) electrons. The largest absolute Gasteiger partial charge is 0.512 e. The van der Waals surface area contributed by atoms with Gasteiger partial charge in [0.1, 0.15) is 0 Å². The normalized spacial score (nSPS) is 13.9. The lowest BCUT2D eigenvalue weighted by molar-refractivity contribution is 0.0975. The molecule has 1 aromatic heterocycles. The predicted octanol–water partition coefficient (Wildman–Crippen LogP) is 7.37. The second kappa shape index (κ2) is 9.30. The number of anilines is 1. The first-order valence-corrected chi connectivity index (χ1v) is 11.4. The zero-order valence-electron chi connectivity index (χ0n) is 16.4. The molecule has 1 fully saturated rings. The maximum Gasteiger partial charge on any atom is 0.512 e. The molecule has 1 N–H and O–H groups in total. The number of benzene rings is 2. The fourth-order valence-electron chi connectivity index (χ4n) is 3.86. The number of nitrogens with zero attached hydrogens (tertiary/aromatic N) is 1. The number of halogens is 2. The Balaban J connectivity index is 1.83. The van der Waals surface area contributed by atoms with E-state index in [9.17, 15) is 14.7 Å². The summed E-state index contributed by atoms with van der Waals surface area (Å²) in [6, 6.07) is 16.1. The zero-order valence-corrected chi connectivity index (χ0v) is 18.7. The third kappa shape index (κ3) is 4.71. The third-order valence-electron chi connectivity index (χ3n) is 5.25. The summed E-state index contributed by atoms with van der Waals surface area (Å²) in [7, 11) is 0. The molecule has 1 saturated carbocycles. The van der Waals surface area contributed by atoms with Crippen molar-refractivity contribution in [3.8, 4) is 15.5 Å². The Bertz CT molecular complexity index is 1110. The topological polar surface area (TPSA) is 66.8 Å². The Morgan fingerprint density at radius 1 is 1.03 bits per heavy atom. The lowest BCUT2D eigenvalue weighted by Crippen LogP contribution is -2.39. The molecule has 5 nitrogen and oxygen atoms in total. The van der Waals surface area contributed by atoms with E-state index in [4.69, 9.17) is 27.9 Å². The van der Waals surface area contributed by atoms with E-state index in [1.165, 1.54) is 17.4 Å². The highest BCUT2D eigenvalue weighted by Crippen LogP contribution is 2.45. The van der Waals surface area contributed by atoms with Crippen LogP contribution in [0.4, 0.5) is 10.5 Å². The second-order valence-electron chi connectivity index (χ2n) is 7.25. The van der Waals surface area contributed by atoms with Crippen molar-refractivity contribution >= 4 is 52.3 Å². The van der Waals surface area contributed by atoms with E-state index in [0.29, 0.717) is 16.3 Å². The van der Waals surface area contributed by atoms with Gasteiger partial charge in [-0.05, 0) is 42.7 Å². The first-order valence-electron chi connectivity index (χ1n) is 9.82. The van der Waals surface area contributed by atoms with Crippen molar-refractivity contribution in [2.45, 2.75) is 31.7 Å². The number of carbonyl (C=O) groups is 2. The molecule has 2 aromatic carbocycles. The number of thiophene rings is 1. The molecular weight excluding hydrogens is 457 g/mol. The van der Waals surface area contributed by atoms with Crippen molar-refractivity contribution in [2.24, 2.45) is 0 Å². The number of ether oxygens (including phenoxy) is 1. The van der Waals surface area contributed by atoms with Crippen LogP contribution in [0.25, 0.3) is 10.4 Å². The predicted molar refractivity (Wildman–Crippen MR) is 124 cm³/mol. The van der Waals surface area contributed by atoms with Gasteiger partial charge in [-0.15, -0.1) is 0 Å². The van der Waals surface area contributed by atoms with E-state index in [0.717, 1.165) is 36.1 Å². The van der Waals surface area contributed by atoms with Crippen molar-refractivity contribution in [2.75, 3.05) is 4.90 Å². The Labute approximate surface area is 193 Å². The number of amides is 1.